The molecule has 6 heteroatoms. The zero-order chi connectivity index (χ0) is 11.5. The molecule has 2 rings (SSSR count). The standard InChI is InChI=1S/C10H12IN5/c1-7(12)2-8-3-13-10(14-4-8)16-6-9(11)5-15-16/h3-7H,2,12H2,1H3. The summed E-state index contributed by atoms with van der Waals surface area (Å²) in [6.45, 7) is 1.96. The van der Waals surface area contributed by atoms with Crippen LogP contribution in [-0.2, 0) is 6.42 Å². The summed E-state index contributed by atoms with van der Waals surface area (Å²) in [6, 6.07) is 0.125. The number of halogens is 1. The molecule has 84 valence electrons. The highest BCUT2D eigenvalue weighted by Gasteiger charge is 2.03. The van der Waals surface area contributed by atoms with Crippen LogP contribution < -0.4 is 5.73 Å². The Morgan fingerprint density at radius 2 is 2.06 bits per heavy atom. The molecule has 0 bridgehead atoms. The average molecular weight is 329 g/mol. The lowest BCUT2D eigenvalue weighted by molar-refractivity contribution is 0.725. The predicted molar refractivity (Wildman–Crippen MR) is 69.2 cm³/mol. The van der Waals surface area contributed by atoms with E-state index in [1.807, 2.05) is 13.1 Å². The first-order chi connectivity index (χ1) is 7.65. The van der Waals surface area contributed by atoms with Crippen LogP contribution in [0.25, 0.3) is 5.95 Å². The summed E-state index contributed by atoms with van der Waals surface area (Å²) in [5.74, 6) is 0.580. The first kappa shape index (κ1) is 11.5. The van der Waals surface area contributed by atoms with Crippen LogP contribution in [0.1, 0.15) is 12.5 Å². The van der Waals surface area contributed by atoms with Gasteiger partial charge >= 0.3 is 0 Å². The summed E-state index contributed by atoms with van der Waals surface area (Å²) in [7, 11) is 0. The second-order valence-corrected chi connectivity index (χ2v) is 4.92. The van der Waals surface area contributed by atoms with Crippen LogP contribution in [0.5, 0.6) is 0 Å². The third kappa shape index (κ3) is 2.76. The zero-order valence-electron chi connectivity index (χ0n) is 8.84. The second kappa shape index (κ2) is 4.88. The maximum Gasteiger partial charge on any atom is 0.250 e. The highest BCUT2D eigenvalue weighted by Crippen LogP contribution is 2.06. The van der Waals surface area contributed by atoms with Gasteiger partial charge in [-0.2, -0.15) is 5.10 Å². The summed E-state index contributed by atoms with van der Waals surface area (Å²) in [5.41, 5.74) is 6.75. The Hall–Kier alpha value is -1.02. The van der Waals surface area contributed by atoms with Crippen molar-refractivity contribution in [2.45, 2.75) is 19.4 Å². The van der Waals surface area contributed by atoms with E-state index < -0.39 is 0 Å². The number of nitrogens with two attached hydrogens (primary N) is 1. The van der Waals surface area contributed by atoms with Crippen molar-refractivity contribution in [3.8, 4) is 5.95 Å². The maximum atomic E-state index is 5.70. The first-order valence-corrected chi connectivity index (χ1v) is 6.00. The van der Waals surface area contributed by atoms with Crippen LogP contribution in [0.3, 0.4) is 0 Å². The van der Waals surface area contributed by atoms with Gasteiger partial charge in [0.05, 0.1) is 9.77 Å². The van der Waals surface area contributed by atoms with Crippen molar-refractivity contribution in [3.05, 3.63) is 33.9 Å². The molecule has 0 aliphatic heterocycles. The predicted octanol–water partition coefficient (Wildman–Crippen LogP) is 1.16. The second-order valence-electron chi connectivity index (χ2n) is 3.68. The minimum atomic E-state index is 0.125. The van der Waals surface area contributed by atoms with Gasteiger partial charge in [0.1, 0.15) is 0 Å². The normalized spacial score (nSPS) is 12.7. The molecule has 2 heterocycles. The topological polar surface area (TPSA) is 69.6 Å². The number of hydrogen-bond donors (Lipinski definition) is 1. The molecule has 0 fully saturated rings. The lowest BCUT2D eigenvalue weighted by atomic mass is 10.1. The Balaban J connectivity index is 2.19. The number of aromatic nitrogens is 4. The van der Waals surface area contributed by atoms with Crippen LogP contribution in [0, 0.1) is 3.57 Å². The monoisotopic (exact) mass is 329 g/mol. The SMILES string of the molecule is CC(N)Cc1cnc(-n2cc(I)cn2)nc1. The molecule has 5 nitrogen and oxygen atoms in total. The molecule has 2 aromatic heterocycles. The number of rotatable bonds is 3. The molecule has 2 N–H and O–H groups in total. The van der Waals surface area contributed by atoms with Crippen molar-refractivity contribution in [2.75, 3.05) is 0 Å². The number of hydrogen-bond acceptors (Lipinski definition) is 4. The smallest absolute Gasteiger partial charge is 0.250 e. The van der Waals surface area contributed by atoms with Gasteiger partial charge in [-0.25, -0.2) is 14.6 Å². The van der Waals surface area contributed by atoms with Gasteiger partial charge in [-0.3, -0.25) is 0 Å². The molecule has 0 saturated heterocycles. The van der Waals surface area contributed by atoms with Gasteiger partial charge in [0.2, 0.25) is 5.95 Å². The Labute approximate surface area is 107 Å². The molecule has 0 aliphatic rings. The zero-order valence-corrected chi connectivity index (χ0v) is 11.0. The van der Waals surface area contributed by atoms with E-state index in [9.17, 15) is 0 Å². The molecule has 0 aliphatic carbocycles. The van der Waals surface area contributed by atoms with Crippen LogP contribution in [0.4, 0.5) is 0 Å². The molecule has 0 radical (unpaired) electrons. The van der Waals surface area contributed by atoms with E-state index in [0.29, 0.717) is 5.95 Å². The summed E-state index contributed by atoms with van der Waals surface area (Å²) >= 11 is 2.19. The van der Waals surface area contributed by atoms with Crippen molar-refractivity contribution >= 4 is 22.6 Å². The highest BCUT2D eigenvalue weighted by atomic mass is 127. The van der Waals surface area contributed by atoms with E-state index in [1.54, 1.807) is 23.3 Å². The van der Waals surface area contributed by atoms with Gasteiger partial charge in [-0.05, 0) is 41.5 Å². The van der Waals surface area contributed by atoms with Gasteiger partial charge in [0.25, 0.3) is 0 Å². The van der Waals surface area contributed by atoms with E-state index in [0.717, 1.165) is 15.6 Å². The van der Waals surface area contributed by atoms with E-state index in [-0.39, 0.29) is 6.04 Å². The van der Waals surface area contributed by atoms with Gasteiger partial charge in [0.15, 0.2) is 0 Å². The van der Waals surface area contributed by atoms with Gasteiger partial charge in [-0.1, -0.05) is 0 Å². The van der Waals surface area contributed by atoms with Crippen LogP contribution in [0.15, 0.2) is 24.8 Å². The Kier molecular flexibility index (Phi) is 3.49. The molecular weight excluding hydrogens is 317 g/mol. The highest BCUT2D eigenvalue weighted by molar-refractivity contribution is 14.1. The quantitative estimate of drug-likeness (QED) is 0.858. The lowest BCUT2D eigenvalue weighted by Crippen LogP contribution is -2.18. The molecule has 2 aromatic rings. The third-order valence-corrected chi connectivity index (χ3v) is 2.56. The van der Waals surface area contributed by atoms with Crippen molar-refractivity contribution in [1.29, 1.82) is 0 Å². The van der Waals surface area contributed by atoms with Crippen LogP contribution in [0.2, 0.25) is 0 Å². The van der Waals surface area contributed by atoms with Gasteiger partial charge in [0, 0.05) is 24.6 Å². The fourth-order valence-electron chi connectivity index (χ4n) is 1.35. The molecular formula is C10H12IN5. The van der Waals surface area contributed by atoms with Crippen molar-refractivity contribution in [3.63, 3.8) is 0 Å². The molecule has 0 aromatic carbocycles. The molecule has 16 heavy (non-hydrogen) atoms. The molecule has 0 amide bonds. The van der Waals surface area contributed by atoms with Crippen molar-refractivity contribution < 1.29 is 0 Å². The Morgan fingerprint density at radius 1 is 1.38 bits per heavy atom. The van der Waals surface area contributed by atoms with E-state index in [4.69, 9.17) is 5.73 Å². The maximum absolute atomic E-state index is 5.70. The molecule has 1 atom stereocenters. The minimum absolute atomic E-state index is 0.125. The summed E-state index contributed by atoms with van der Waals surface area (Å²) in [6.07, 6.45) is 8.01. The summed E-state index contributed by atoms with van der Waals surface area (Å²) in [5, 5.41) is 4.14. The van der Waals surface area contributed by atoms with Crippen molar-refractivity contribution in [1.82, 2.24) is 19.7 Å². The fraction of sp³-hybridized carbons (Fsp3) is 0.300. The molecule has 0 spiro atoms. The minimum Gasteiger partial charge on any atom is -0.328 e. The van der Waals surface area contributed by atoms with Crippen molar-refractivity contribution in [2.24, 2.45) is 5.73 Å². The van der Waals surface area contributed by atoms with Crippen LogP contribution in [-0.4, -0.2) is 25.8 Å². The Morgan fingerprint density at radius 3 is 2.56 bits per heavy atom. The third-order valence-electron chi connectivity index (χ3n) is 2.01. The molecule has 0 saturated carbocycles. The summed E-state index contributed by atoms with van der Waals surface area (Å²) in [4.78, 5) is 8.49. The number of nitrogens with zero attached hydrogens (tertiary/aromatic N) is 4. The summed E-state index contributed by atoms with van der Waals surface area (Å²) < 4.78 is 2.71. The van der Waals surface area contributed by atoms with E-state index >= 15 is 0 Å². The largest absolute Gasteiger partial charge is 0.328 e. The van der Waals surface area contributed by atoms with Gasteiger partial charge in [-0.15, -0.1) is 0 Å². The van der Waals surface area contributed by atoms with Crippen LogP contribution >= 0.6 is 22.6 Å². The first-order valence-electron chi connectivity index (χ1n) is 4.92. The van der Waals surface area contributed by atoms with Gasteiger partial charge < -0.3 is 5.73 Å². The lowest BCUT2D eigenvalue weighted by Gasteiger charge is -2.04. The fourth-order valence-corrected chi connectivity index (χ4v) is 1.74. The van der Waals surface area contributed by atoms with E-state index in [1.165, 1.54) is 0 Å². The Bertz CT molecular complexity index is 462. The van der Waals surface area contributed by atoms with E-state index in [2.05, 4.69) is 37.7 Å². The average Bonchev–Trinajstić information content (AvgIpc) is 2.65. The molecule has 1 unspecified atom stereocenters.